The van der Waals surface area contributed by atoms with Gasteiger partial charge in [0, 0.05) is 40.1 Å². The second-order valence-electron chi connectivity index (χ2n) is 9.01. The molecule has 0 spiro atoms. The number of benzene rings is 3. The number of esters is 1. The summed E-state index contributed by atoms with van der Waals surface area (Å²) >= 11 is 0. The first-order valence-corrected chi connectivity index (χ1v) is 11.9. The predicted octanol–water partition coefficient (Wildman–Crippen LogP) is 6.27. The number of aromatic nitrogens is 1. The highest BCUT2D eigenvalue weighted by Crippen LogP contribution is 2.44. The van der Waals surface area contributed by atoms with Gasteiger partial charge in [0.05, 0.1) is 25.7 Å². The predicted molar refractivity (Wildman–Crippen MR) is 131 cm³/mol. The fourth-order valence-electron chi connectivity index (χ4n) is 5.02. The zero-order valence-electron chi connectivity index (χ0n) is 19.7. The third-order valence-electron chi connectivity index (χ3n) is 6.81. The highest BCUT2D eigenvalue weighted by atomic mass is 19.1. The van der Waals surface area contributed by atoms with E-state index in [0.717, 1.165) is 22.0 Å². The van der Waals surface area contributed by atoms with Gasteiger partial charge in [-0.3, -0.25) is 4.79 Å². The quantitative estimate of drug-likeness (QED) is 0.300. The number of carbonyl (C=O) groups excluding carboxylic acids is 1. The van der Waals surface area contributed by atoms with Crippen LogP contribution in [0.4, 0.5) is 4.39 Å². The van der Waals surface area contributed by atoms with Crippen molar-refractivity contribution < 1.29 is 28.1 Å². The average molecular weight is 486 g/mol. The molecule has 7 heteroatoms. The van der Waals surface area contributed by atoms with E-state index < -0.39 is 6.10 Å². The largest absolute Gasteiger partial charge is 0.492 e. The maximum atomic E-state index is 15.0. The molecule has 1 aliphatic carbocycles. The normalized spacial score (nSPS) is 17.8. The van der Waals surface area contributed by atoms with Crippen LogP contribution in [0.3, 0.4) is 0 Å². The Morgan fingerprint density at radius 1 is 1.11 bits per heavy atom. The summed E-state index contributed by atoms with van der Waals surface area (Å²) in [5.74, 6) is 1.68. The summed E-state index contributed by atoms with van der Waals surface area (Å²) in [7, 11) is 1.38. The van der Waals surface area contributed by atoms with Crippen LogP contribution in [0.5, 0.6) is 23.1 Å². The molecule has 1 aliphatic heterocycles. The van der Waals surface area contributed by atoms with Crippen molar-refractivity contribution in [3.63, 3.8) is 0 Å². The van der Waals surface area contributed by atoms with Crippen molar-refractivity contribution in [2.75, 3.05) is 13.7 Å². The fraction of sp³-hybridized carbons (Fsp3) is 0.241. The minimum Gasteiger partial charge on any atom is -0.492 e. The lowest BCUT2D eigenvalue weighted by Gasteiger charge is -2.17. The first kappa shape index (κ1) is 22.3. The molecule has 1 unspecified atom stereocenters. The summed E-state index contributed by atoms with van der Waals surface area (Å²) in [5, 5.41) is 1.03. The average Bonchev–Trinajstić information content (AvgIpc) is 3.50. The Kier molecular flexibility index (Phi) is 5.68. The van der Waals surface area contributed by atoms with Crippen molar-refractivity contribution in [3.8, 4) is 23.1 Å². The number of hydrogen-bond donors (Lipinski definition) is 0. The molecule has 4 aromatic rings. The number of para-hydroxylation sites is 1. The number of hydrogen-bond acceptors (Lipinski definition) is 6. The molecule has 2 atom stereocenters. The maximum absolute atomic E-state index is 15.0. The summed E-state index contributed by atoms with van der Waals surface area (Å²) in [4.78, 5) is 16.2. The second kappa shape index (κ2) is 9.15. The standard InChI is InChI=1S/C29H24FNO5/c1-33-28(32)14-18-16-34-26-15-19(7-8-20(18)26)35-25-11-9-21-24(12-10-22(30)29(21)25)36-27-13-6-17-4-2-3-5-23(17)31-27/h2-8,10,12-13,15,18,25H,9,11,14,16H2,1H3/t18?,25-/m1/s1. The summed E-state index contributed by atoms with van der Waals surface area (Å²) < 4.78 is 37.9. The molecule has 0 bridgehead atoms. The van der Waals surface area contributed by atoms with Gasteiger partial charge in [-0.1, -0.05) is 24.3 Å². The first-order chi connectivity index (χ1) is 17.6. The van der Waals surface area contributed by atoms with Crippen molar-refractivity contribution in [3.05, 3.63) is 89.2 Å². The van der Waals surface area contributed by atoms with Gasteiger partial charge in [0.1, 0.15) is 29.2 Å². The Labute approximate surface area is 207 Å². The molecule has 6 nitrogen and oxygen atoms in total. The Morgan fingerprint density at radius 3 is 2.89 bits per heavy atom. The molecular weight excluding hydrogens is 461 g/mol. The Balaban J connectivity index is 1.23. The number of methoxy groups -OCH3 is 1. The summed E-state index contributed by atoms with van der Waals surface area (Å²) in [6.45, 7) is 0.415. The van der Waals surface area contributed by atoms with Gasteiger partial charge in [-0.2, -0.15) is 0 Å². The molecule has 0 saturated carbocycles. The molecule has 0 N–H and O–H groups in total. The SMILES string of the molecule is COC(=O)CC1COc2cc(O[C@@H]3CCc4c(Oc5ccc6ccccc6n5)ccc(F)c43)ccc21. The van der Waals surface area contributed by atoms with Crippen LogP contribution in [0.25, 0.3) is 10.9 Å². The number of rotatable bonds is 6. The van der Waals surface area contributed by atoms with Crippen LogP contribution in [-0.2, 0) is 16.0 Å². The van der Waals surface area contributed by atoms with E-state index in [-0.39, 0.29) is 24.1 Å². The van der Waals surface area contributed by atoms with Crippen LogP contribution < -0.4 is 14.2 Å². The van der Waals surface area contributed by atoms with Gasteiger partial charge < -0.3 is 18.9 Å². The van der Waals surface area contributed by atoms with Crippen molar-refractivity contribution in [1.82, 2.24) is 4.98 Å². The van der Waals surface area contributed by atoms with E-state index in [1.54, 1.807) is 6.07 Å². The van der Waals surface area contributed by atoms with E-state index in [4.69, 9.17) is 18.9 Å². The lowest BCUT2D eigenvalue weighted by atomic mass is 9.98. The highest BCUT2D eigenvalue weighted by molar-refractivity contribution is 5.78. The minimum atomic E-state index is -0.446. The van der Waals surface area contributed by atoms with Gasteiger partial charge in [-0.05, 0) is 43.2 Å². The number of ether oxygens (including phenoxy) is 4. The van der Waals surface area contributed by atoms with E-state index in [1.165, 1.54) is 13.2 Å². The van der Waals surface area contributed by atoms with Crippen LogP contribution in [0, 0.1) is 5.82 Å². The zero-order valence-corrected chi connectivity index (χ0v) is 19.7. The second-order valence-corrected chi connectivity index (χ2v) is 9.01. The lowest BCUT2D eigenvalue weighted by molar-refractivity contribution is -0.141. The molecule has 2 heterocycles. The van der Waals surface area contributed by atoms with Gasteiger partial charge in [0.15, 0.2) is 0 Å². The van der Waals surface area contributed by atoms with E-state index in [0.29, 0.717) is 48.1 Å². The van der Waals surface area contributed by atoms with Crippen LogP contribution in [-0.4, -0.2) is 24.7 Å². The molecule has 6 rings (SSSR count). The molecular formula is C29H24FNO5. The molecule has 182 valence electrons. The molecule has 0 amide bonds. The van der Waals surface area contributed by atoms with Crippen molar-refractivity contribution >= 4 is 16.9 Å². The summed E-state index contributed by atoms with van der Waals surface area (Å²) in [5.41, 5.74) is 3.09. The lowest BCUT2D eigenvalue weighted by Crippen LogP contribution is -2.09. The van der Waals surface area contributed by atoms with E-state index in [1.807, 2.05) is 54.6 Å². The van der Waals surface area contributed by atoms with Crippen molar-refractivity contribution in [2.45, 2.75) is 31.3 Å². The number of pyridine rings is 1. The van der Waals surface area contributed by atoms with Gasteiger partial charge in [-0.25, -0.2) is 9.37 Å². The maximum Gasteiger partial charge on any atom is 0.306 e. The Hall–Kier alpha value is -4.13. The van der Waals surface area contributed by atoms with Crippen LogP contribution in [0.2, 0.25) is 0 Å². The molecule has 36 heavy (non-hydrogen) atoms. The highest BCUT2D eigenvalue weighted by Gasteiger charge is 2.32. The third kappa shape index (κ3) is 4.11. The van der Waals surface area contributed by atoms with Gasteiger partial charge in [-0.15, -0.1) is 0 Å². The molecule has 1 aromatic heterocycles. The molecule has 2 aliphatic rings. The van der Waals surface area contributed by atoms with Gasteiger partial charge in [0.2, 0.25) is 5.88 Å². The van der Waals surface area contributed by atoms with Crippen molar-refractivity contribution in [1.29, 1.82) is 0 Å². The number of nitrogens with zero attached hydrogens (tertiary/aromatic N) is 1. The number of fused-ring (bicyclic) bond motifs is 3. The van der Waals surface area contributed by atoms with Crippen LogP contribution >= 0.6 is 0 Å². The monoisotopic (exact) mass is 485 g/mol. The fourth-order valence-corrected chi connectivity index (χ4v) is 5.02. The Morgan fingerprint density at radius 2 is 2.00 bits per heavy atom. The van der Waals surface area contributed by atoms with E-state index in [9.17, 15) is 9.18 Å². The zero-order chi connectivity index (χ0) is 24.6. The molecule has 3 aromatic carbocycles. The number of carbonyl (C=O) groups is 1. The number of halogens is 1. The van der Waals surface area contributed by atoms with Crippen molar-refractivity contribution in [2.24, 2.45) is 0 Å². The minimum absolute atomic E-state index is 0.0467. The third-order valence-corrected chi connectivity index (χ3v) is 6.81. The van der Waals surface area contributed by atoms with Crippen LogP contribution in [0.15, 0.2) is 66.7 Å². The summed E-state index contributed by atoms with van der Waals surface area (Å²) in [6.07, 6.45) is 1.07. The van der Waals surface area contributed by atoms with E-state index >= 15 is 0 Å². The molecule has 0 radical (unpaired) electrons. The van der Waals surface area contributed by atoms with Gasteiger partial charge in [0.25, 0.3) is 0 Å². The first-order valence-electron chi connectivity index (χ1n) is 11.9. The van der Waals surface area contributed by atoms with Crippen LogP contribution in [0.1, 0.15) is 41.6 Å². The topological polar surface area (TPSA) is 66.9 Å². The molecule has 0 fully saturated rings. The Bertz CT molecular complexity index is 1470. The summed E-state index contributed by atoms with van der Waals surface area (Å²) in [6, 6.07) is 20.2. The van der Waals surface area contributed by atoms with E-state index in [2.05, 4.69) is 4.98 Å². The van der Waals surface area contributed by atoms with Gasteiger partial charge >= 0.3 is 5.97 Å². The molecule has 0 saturated heterocycles. The smallest absolute Gasteiger partial charge is 0.306 e.